The summed E-state index contributed by atoms with van der Waals surface area (Å²) >= 11 is 2.05. The van der Waals surface area contributed by atoms with Gasteiger partial charge in [-0.25, -0.2) is 21.8 Å². The van der Waals surface area contributed by atoms with E-state index in [0.717, 1.165) is 32.7 Å². The zero-order valence-electron chi connectivity index (χ0n) is 15.8. The smallest absolute Gasteiger partial charge is 0.274 e. The number of nitrogens with zero attached hydrogens (tertiary/aromatic N) is 3. The van der Waals surface area contributed by atoms with Crippen LogP contribution in [0.5, 0.6) is 0 Å². The molecule has 1 aromatic heterocycles. The molecule has 0 aliphatic carbocycles. The summed E-state index contributed by atoms with van der Waals surface area (Å²) in [6.07, 6.45) is 0. The van der Waals surface area contributed by atoms with Gasteiger partial charge in [0.15, 0.2) is 16.1 Å². The molecule has 0 fully saturated rings. The molecular formula is C18H12N4O6S4. The predicted molar refractivity (Wildman–Crippen MR) is 122 cm³/mol. The number of fused-ring (bicyclic) bond motifs is 4. The van der Waals surface area contributed by atoms with E-state index in [-0.39, 0.29) is 10.3 Å². The van der Waals surface area contributed by atoms with Gasteiger partial charge in [-0.15, -0.1) is 4.40 Å². The minimum absolute atomic E-state index is 0.0296. The largest absolute Gasteiger partial charge is 0.296 e. The Morgan fingerprint density at radius 3 is 2.62 bits per heavy atom. The Morgan fingerprint density at radius 1 is 1.12 bits per heavy atom. The lowest BCUT2D eigenvalue weighted by atomic mass is 10.2. The van der Waals surface area contributed by atoms with Crippen LogP contribution in [0.15, 0.2) is 57.8 Å². The third kappa shape index (κ3) is 3.58. The topological polar surface area (TPSA) is 143 Å². The summed E-state index contributed by atoms with van der Waals surface area (Å²) in [5.41, 5.74) is 0.961. The molecule has 1 unspecified atom stereocenters. The first-order chi connectivity index (χ1) is 15.1. The van der Waals surface area contributed by atoms with Gasteiger partial charge in [0.2, 0.25) is 15.3 Å². The molecule has 0 bridgehead atoms. The highest BCUT2D eigenvalue weighted by atomic mass is 32.2. The van der Waals surface area contributed by atoms with Crippen molar-refractivity contribution < 1.29 is 26.4 Å². The van der Waals surface area contributed by atoms with E-state index in [1.54, 1.807) is 48.5 Å². The Bertz CT molecular complexity index is 1510. The molecule has 2 aliphatic heterocycles. The number of aromatic nitrogens is 1. The van der Waals surface area contributed by atoms with Crippen LogP contribution in [0.2, 0.25) is 0 Å². The van der Waals surface area contributed by atoms with E-state index in [9.17, 15) is 26.4 Å². The molecule has 1 atom stereocenters. The Morgan fingerprint density at radius 2 is 1.84 bits per heavy atom. The second-order valence-electron chi connectivity index (χ2n) is 6.83. The molecule has 1 amide bonds. The molecule has 10 nitrogen and oxygen atoms in total. The third-order valence-corrected chi connectivity index (χ3v) is 9.48. The molecular weight excluding hydrogens is 496 g/mol. The highest BCUT2D eigenvalue weighted by molar-refractivity contribution is 8.15. The molecule has 2 aliphatic rings. The summed E-state index contributed by atoms with van der Waals surface area (Å²) in [6, 6.07) is 13.6. The summed E-state index contributed by atoms with van der Waals surface area (Å²) in [7, 11) is -8.92. The van der Waals surface area contributed by atoms with Gasteiger partial charge < -0.3 is 0 Å². The van der Waals surface area contributed by atoms with Crippen molar-refractivity contribution in [3.63, 3.8) is 0 Å². The van der Waals surface area contributed by atoms with Crippen LogP contribution in [0.1, 0.15) is 0 Å². The SMILES string of the molecule is O=C(CS(=O)(=O)Nc1nc2ccccc2s1)C1C(=O)N2C(=NS1(=O)=O)Sc1ccccc12. The first kappa shape index (κ1) is 21.1. The summed E-state index contributed by atoms with van der Waals surface area (Å²) in [5, 5.41) is -2.30. The van der Waals surface area contributed by atoms with Crippen molar-refractivity contribution in [3.05, 3.63) is 48.5 Å². The monoisotopic (exact) mass is 508 g/mol. The summed E-state index contributed by atoms with van der Waals surface area (Å²) in [6.45, 7) is 0. The number of benzene rings is 2. The number of thiazole rings is 1. The van der Waals surface area contributed by atoms with Crippen molar-refractivity contribution in [2.24, 2.45) is 4.40 Å². The maximum Gasteiger partial charge on any atom is 0.274 e. The van der Waals surface area contributed by atoms with Crippen LogP contribution in [0.3, 0.4) is 0 Å². The Kier molecular flexibility index (Phi) is 4.85. The number of nitrogens with one attached hydrogen (secondary N) is 1. The number of carbonyl (C=O) groups excluding carboxylic acids is 2. The molecule has 0 spiro atoms. The number of amidine groups is 1. The van der Waals surface area contributed by atoms with Crippen molar-refractivity contribution in [1.29, 1.82) is 0 Å². The van der Waals surface area contributed by atoms with Crippen LogP contribution in [-0.2, 0) is 29.6 Å². The van der Waals surface area contributed by atoms with Crippen LogP contribution in [-0.4, -0.2) is 49.7 Å². The molecule has 2 aromatic carbocycles. The normalized spacial score (nSPS) is 19.4. The van der Waals surface area contributed by atoms with E-state index in [1.165, 1.54) is 0 Å². The number of carbonyl (C=O) groups is 2. The lowest BCUT2D eigenvalue weighted by molar-refractivity contribution is -0.124. The molecule has 0 saturated carbocycles. The fourth-order valence-corrected chi connectivity index (χ4v) is 8.13. The number of ketones is 1. The van der Waals surface area contributed by atoms with E-state index in [2.05, 4.69) is 14.1 Å². The van der Waals surface area contributed by atoms with E-state index >= 15 is 0 Å². The number of hydrogen-bond acceptors (Lipinski definition) is 9. The summed E-state index contributed by atoms with van der Waals surface area (Å²) in [5.74, 6) is -3.56. The lowest BCUT2D eigenvalue weighted by Crippen LogP contribution is -2.53. The molecule has 14 heteroatoms. The fourth-order valence-electron chi connectivity index (χ4n) is 3.31. The number of para-hydroxylation sites is 2. The zero-order chi connectivity index (χ0) is 22.7. The van der Waals surface area contributed by atoms with Gasteiger partial charge in [-0.1, -0.05) is 35.6 Å². The van der Waals surface area contributed by atoms with E-state index < -0.39 is 42.7 Å². The van der Waals surface area contributed by atoms with Gasteiger partial charge in [0.05, 0.1) is 15.9 Å². The molecule has 3 aromatic rings. The molecule has 32 heavy (non-hydrogen) atoms. The van der Waals surface area contributed by atoms with Crippen LogP contribution < -0.4 is 9.62 Å². The van der Waals surface area contributed by atoms with Gasteiger partial charge in [-0.2, -0.15) is 0 Å². The van der Waals surface area contributed by atoms with Crippen LogP contribution in [0.25, 0.3) is 10.2 Å². The zero-order valence-corrected chi connectivity index (χ0v) is 19.1. The molecule has 5 rings (SSSR count). The van der Waals surface area contributed by atoms with Crippen LogP contribution >= 0.6 is 23.1 Å². The minimum Gasteiger partial charge on any atom is -0.296 e. The van der Waals surface area contributed by atoms with Crippen LogP contribution in [0.4, 0.5) is 10.8 Å². The van der Waals surface area contributed by atoms with E-state index in [4.69, 9.17) is 0 Å². The van der Waals surface area contributed by atoms with Crippen LogP contribution in [0, 0.1) is 0 Å². The van der Waals surface area contributed by atoms with Gasteiger partial charge >= 0.3 is 0 Å². The average molecular weight is 509 g/mol. The fraction of sp³-hybridized carbons (Fsp3) is 0.111. The maximum atomic E-state index is 13.0. The number of anilines is 2. The van der Waals surface area contributed by atoms with Crippen molar-refractivity contribution in [1.82, 2.24) is 4.98 Å². The van der Waals surface area contributed by atoms with E-state index in [1.807, 2.05) is 0 Å². The molecule has 0 radical (unpaired) electrons. The van der Waals surface area contributed by atoms with Gasteiger partial charge in [0.25, 0.3) is 15.9 Å². The number of sulfonamides is 2. The summed E-state index contributed by atoms with van der Waals surface area (Å²) < 4.78 is 56.8. The van der Waals surface area contributed by atoms with Gasteiger partial charge in [-0.3, -0.25) is 19.2 Å². The highest BCUT2D eigenvalue weighted by Crippen LogP contribution is 2.43. The molecule has 0 saturated heterocycles. The van der Waals surface area contributed by atoms with Gasteiger partial charge in [0.1, 0.15) is 5.75 Å². The summed E-state index contributed by atoms with van der Waals surface area (Å²) in [4.78, 5) is 31.5. The average Bonchev–Trinajstić information content (AvgIpc) is 3.25. The number of amides is 1. The second-order valence-corrected chi connectivity index (χ2v) is 12.3. The lowest BCUT2D eigenvalue weighted by Gasteiger charge is -2.25. The Balaban J connectivity index is 1.42. The van der Waals surface area contributed by atoms with E-state index in [0.29, 0.717) is 16.1 Å². The molecule has 1 N–H and O–H groups in total. The Labute approximate surface area is 190 Å². The van der Waals surface area contributed by atoms with Gasteiger partial charge in [-0.05, 0) is 36.0 Å². The van der Waals surface area contributed by atoms with Crippen molar-refractivity contribution in [2.75, 3.05) is 15.4 Å². The van der Waals surface area contributed by atoms with Gasteiger partial charge in [0, 0.05) is 4.90 Å². The van der Waals surface area contributed by atoms with Crippen molar-refractivity contribution >= 4 is 81.0 Å². The maximum absolute atomic E-state index is 13.0. The first-order valence-corrected chi connectivity index (χ1v) is 13.8. The Hall–Kier alpha value is -2.81. The first-order valence-electron chi connectivity index (χ1n) is 8.98. The number of Topliss-reactive ketones (excluding diaryl/α,β-unsaturated/α-hetero) is 1. The third-order valence-electron chi connectivity index (χ3n) is 4.61. The quantitative estimate of drug-likeness (QED) is 0.514. The highest BCUT2D eigenvalue weighted by Gasteiger charge is 2.50. The van der Waals surface area contributed by atoms with Crippen molar-refractivity contribution in [3.8, 4) is 0 Å². The number of thioether (sulfide) groups is 1. The minimum atomic E-state index is -4.59. The molecule has 164 valence electrons. The second kappa shape index (κ2) is 7.37. The standard InChI is InChI=1S/C18H12N4O6S4/c23-12(9-31(25,26)20-17-19-10-5-1-3-7-13(10)29-17)15-16(24)22-11-6-2-4-8-14(11)30-18(22)21-32(15,27)28/h1-8,15H,9H2,(H,19,20). The molecule has 3 heterocycles. The number of rotatable bonds is 5. The predicted octanol–water partition coefficient (Wildman–Crippen LogP) is 1.81. The van der Waals surface area contributed by atoms with Crippen molar-refractivity contribution in [2.45, 2.75) is 10.1 Å². The number of hydrogen-bond donors (Lipinski definition) is 1.